The second-order valence-electron chi connectivity index (χ2n) is 7.03. The summed E-state index contributed by atoms with van der Waals surface area (Å²) in [5, 5.41) is 5.73. The van der Waals surface area contributed by atoms with Gasteiger partial charge in [0.2, 0.25) is 11.8 Å². The lowest BCUT2D eigenvalue weighted by molar-refractivity contribution is -0.119. The summed E-state index contributed by atoms with van der Waals surface area (Å²) in [5.41, 5.74) is 2.63. The van der Waals surface area contributed by atoms with Crippen molar-refractivity contribution in [3.05, 3.63) is 54.1 Å². The molecule has 6 heteroatoms. The molecule has 2 aromatic rings. The lowest BCUT2D eigenvalue weighted by Gasteiger charge is -2.20. The van der Waals surface area contributed by atoms with E-state index in [1.807, 2.05) is 43.3 Å². The van der Waals surface area contributed by atoms with Crippen molar-refractivity contribution in [2.45, 2.75) is 33.1 Å². The Morgan fingerprint density at radius 2 is 1.59 bits per heavy atom. The van der Waals surface area contributed by atoms with Crippen molar-refractivity contribution in [3.8, 4) is 5.75 Å². The minimum absolute atomic E-state index is 0.120. The molecular weight excluding hydrogens is 366 g/mol. The van der Waals surface area contributed by atoms with Crippen LogP contribution in [0.25, 0.3) is 0 Å². The summed E-state index contributed by atoms with van der Waals surface area (Å²) in [4.78, 5) is 26.6. The summed E-state index contributed by atoms with van der Waals surface area (Å²) in [6.45, 7) is 7.11. The third-order valence-electron chi connectivity index (χ3n) is 4.94. The molecule has 6 nitrogen and oxygen atoms in total. The van der Waals surface area contributed by atoms with Crippen LogP contribution in [0, 0.1) is 0 Å². The highest BCUT2D eigenvalue weighted by Crippen LogP contribution is 2.23. The third-order valence-corrected chi connectivity index (χ3v) is 4.94. The standard InChI is InChI=1S/C23H31N3O3/c1-5-17(3)18-11-13-19(14-12-18)24-22(27)15-26(6-2)16-23(28)25-20-9-7-8-10-21(20)29-4/h7-14,17H,5-6,15-16H2,1-4H3,(H,24,27)(H,25,28)/t17-/m1/s1. The highest BCUT2D eigenvalue weighted by atomic mass is 16.5. The Labute approximate surface area is 173 Å². The van der Waals surface area contributed by atoms with Gasteiger partial charge in [-0.2, -0.15) is 0 Å². The number of anilines is 2. The molecule has 0 aliphatic rings. The molecule has 2 N–H and O–H groups in total. The van der Waals surface area contributed by atoms with Crippen LogP contribution in [-0.4, -0.2) is 43.5 Å². The average molecular weight is 398 g/mol. The first kappa shape index (κ1) is 22.4. The largest absolute Gasteiger partial charge is 0.495 e. The van der Waals surface area contributed by atoms with Gasteiger partial charge >= 0.3 is 0 Å². The van der Waals surface area contributed by atoms with E-state index in [-0.39, 0.29) is 24.9 Å². The Kier molecular flexibility index (Phi) is 8.68. The fraction of sp³-hybridized carbons (Fsp3) is 0.391. The fourth-order valence-electron chi connectivity index (χ4n) is 2.95. The third kappa shape index (κ3) is 6.91. The van der Waals surface area contributed by atoms with Crippen LogP contribution in [0.15, 0.2) is 48.5 Å². The molecule has 0 unspecified atom stereocenters. The van der Waals surface area contributed by atoms with Gasteiger partial charge in [0.1, 0.15) is 5.75 Å². The van der Waals surface area contributed by atoms with E-state index in [0.29, 0.717) is 23.9 Å². The van der Waals surface area contributed by atoms with Gasteiger partial charge in [0.05, 0.1) is 25.9 Å². The number of hydrogen-bond donors (Lipinski definition) is 2. The number of nitrogens with zero attached hydrogens (tertiary/aromatic N) is 1. The Morgan fingerprint density at radius 3 is 2.17 bits per heavy atom. The number of rotatable bonds is 10. The molecule has 0 saturated carbocycles. The Balaban J connectivity index is 1.88. The monoisotopic (exact) mass is 397 g/mol. The molecule has 0 radical (unpaired) electrons. The molecule has 2 amide bonds. The Hall–Kier alpha value is -2.86. The maximum Gasteiger partial charge on any atom is 0.238 e. The first-order valence-electron chi connectivity index (χ1n) is 10.0. The van der Waals surface area contributed by atoms with E-state index in [0.717, 1.165) is 12.1 Å². The quantitative estimate of drug-likeness (QED) is 0.633. The maximum absolute atomic E-state index is 12.4. The van der Waals surface area contributed by atoms with E-state index in [4.69, 9.17) is 4.74 Å². The van der Waals surface area contributed by atoms with E-state index in [1.54, 1.807) is 24.1 Å². The van der Waals surface area contributed by atoms with Crippen molar-refractivity contribution in [2.75, 3.05) is 37.4 Å². The molecule has 0 saturated heterocycles. The van der Waals surface area contributed by atoms with Crippen LogP contribution in [0.4, 0.5) is 11.4 Å². The van der Waals surface area contributed by atoms with Crippen LogP contribution in [0.3, 0.4) is 0 Å². The SMILES string of the molecule is CC[C@@H](C)c1ccc(NC(=O)CN(CC)CC(=O)Nc2ccccc2OC)cc1. The zero-order chi connectivity index (χ0) is 21.2. The Bertz CT molecular complexity index is 805. The lowest BCUT2D eigenvalue weighted by atomic mass is 9.99. The molecule has 2 aromatic carbocycles. The van der Waals surface area contributed by atoms with E-state index in [1.165, 1.54) is 5.56 Å². The van der Waals surface area contributed by atoms with E-state index in [2.05, 4.69) is 24.5 Å². The van der Waals surface area contributed by atoms with E-state index < -0.39 is 0 Å². The van der Waals surface area contributed by atoms with Gasteiger partial charge in [0.25, 0.3) is 0 Å². The number of benzene rings is 2. The van der Waals surface area contributed by atoms with Gasteiger partial charge in [-0.15, -0.1) is 0 Å². The number of para-hydroxylation sites is 2. The zero-order valence-electron chi connectivity index (χ0n) is 17.7. The first-order chi connectivity index (χ1) is 14.0. The number of likely N-dealkylation sites (N-methyl/N-ethyl adjacent to an activating group) is 1. The molecule has 0 aliphatic carbocycles. The van der Waals surface area contributed by atoms with Crippen molar-refractivity contribution in [2.24, 2.45) is 0 Å². The molecule has 0 heterocycles. The van der Waals surface area contributed by atoms with Crippen LogP contribution < -0.4 is 15.4 Å². The molecule has 156 valence electrons. The summed E-state index contributed by atoms with van der Waals surface area (Å²) >= 11 is 0. The van der Waals surface area contributed by atoms with E-state index in [9.17, 15) is 9.59 Å². The number of hydrogen-bond acceptors (Lipinski definition) is 4. The molecule has 0 spiro atoms. The van der Waals surface area contributed by atoms with Gasteiger partial charge in [-0.1, -0.05) is 45.0 Å². The van der Waals surface area contributed by atoms with Crippen LogP contribution in [-0.2, 0) is 9.59 Å². The molecular formula is C23H31N3O3. The molecule has 0 bridgehead atoms. The predicted molar refractivity (Wildman–Crippen MR) is 118 cm³/mol. The molecule has 0 aliphatic heterocycles. The van der Waals surface area contributed by atoms with Crippen LogP contribution >= 0.6 is 0 Å². The van der Waals surface area contributed by atoms with Gasteiger partial charge in [-0.3, -0.25) is 14.5 Å². The van der Waals surface area contributed by atoms with Crippen molar-refractivity contribution >= 4 is 23.2 Å². The predicted octanol–water partition coefficient (Wildman–Crippen LogP) is 4.11. The van der Waals surface area contributed by atoms with Gasteiger partial charge < -0.3 is 15.4 Å². The molecule has 0 aromatic heterocycles. The number of ether oxygens (including phenoxy) is 1. The van der Waals surface area contributed by atoms with Crippen molar-refractivity contribution in [1.82, 2.24) is 4.90 Å². The van der Waals surface area contributed by atoms with Crippen molar-refractivity contribution in [1.29, 1.82) is 0 Å². The summed E-state index contributed by atoms with van der Waals surface area (Å²) in [6.07, 6.45) is 1.08. The highest BCUT2D eigenvalue weighted by Gasteiger charge is 2.15. The molecule has 0 fully saturated rings. The topological polar surface area (TPSA) is 70.7 Å². The number of nitrogens with one attached hydrogen (secondary N) is 2. The summed E-state index contributed by atoms with van der Waals surface area (Å²) in [6, 6.07) is 15.2. The molecule has 29 heavy (non-hydrogen) atoms. The fourth-order valence-corrected chi connectivity index (χ4v) is 2.95. The minimum atomic E-state index is -0.193. The van der Waals surface area contributed by atoms with Gasteiger partial charge in [-0.25, -0.2) is 0 Å². The first-order valence-corrected chi connectivity index (χ1v) is 10.0. The maximum atomic E-state index is 12.4. The summed E-state index contributed by atoms with van der Waals surface area (Å²) in [5.74, 6) is 0.759. The highest BCUT2D eigenvalue weighted by molar-refractivity contribution is 5.95. The number of methoxy groups -OCH3 is 1. The van der Waals surface area contributed by atoms with Crippen LogP contribution in [0.5, 0.6) is 5.75 Å². The van der Waals surface area contributed by atoms with Crippen LogP contribution in [0.1, 0.15) is 38.7 Å². The van der Waals surface area contributed by atoms with E-state index >= 15 is 0 Å². The van der Waals surface area contributed by atoms with Gasteiger partial charge in [0.15, 0.2) is 0 Å². The molecule has 1 atom stereocenters. The normalized spacial score (nSPS) is 11.8. The summed E-state index contributed by atoms with van der Waals surface area (Å²) in [7, 11) is 1.56. The second kappa shape index (κ2) is 11.2. The Morgan fingerprint density at radius 1 is 0.966 bits per heavy atom. The summed E-state index contributed by atoms with van der Waals surface area (Å²) < 4.78 is 5.25. The zero-order valence-corrected chi connectivity index (χ0v) is 17.7. The number of amides is 2. The molecule has 2 rings (SSSR count). The van der Waals surface area contributed by atoms with Gasteiger partial charge in [-0.05, 0) is 48.7 Å². The minimum Gasteiger partial charge on any atom is -0.495 e. The number of carbonyl (C=O) groups excluding carboxylic acids is 2. The number of carbonyl (C=O) groups is 2. The van der Waals surface area contributed by atoms with Crippen molar-refractivity contribution in [3.63, 3.8) is 0 Å². The smallest absolute Gasteiger partial charge is 0.238 e. The van der Waals surface area contributed by atoms with Crippen molar-refractivity contribution < 1.29 is 14.3 Å². The second-order valence-corrected chi connectivity index (χ2v) is 7.03. The van der Waals surface area contributed by atoms with Crippen LogP contribution in [0.2, 0.25) is 0 Å². The lowest BCUT2D eigenvalue weighted by Crippen LogP contribution is -2.38. The average Bonchev–Trinajstić information content (AvgIpc) is 2.73. The van der Waals surface area contributed by atoms with Gasteiger partial charge in [0, 0.05) is 5.69 Å².